The summed E-state index contributed by atoms with van der Waals surface area (Å²) in [5.41, 5.74) is 6.02. The Hall–Kier alpha value is -3.61. The number of aromatic nitrogens is 5. The number of anilines is 1. The average Bonchev–Trinajstić information content (AvgIpc) is 3.05. The quantitative estimate of drug-likeness (QED) is 0.593. The fourth-order valence-corrected chi connectivity index (χ4v) is 3.13. The molecule has 1 N–H and O–H groups in total. The summed E-state index contributed by atoms with van der Waals surface area (Å²) >= 11 is 0. The lowest BCUT2D eigenvalue weighted by Gasteiger charge is -2.07. The molecule has 0 fully saturated rings. The first-order valence-corrected chi connectivity index (χ1v) is 9.01. The minimum absolute atomic E-state index is 0.277. The summed E-state index contributed by atoms with van der Waals surface area (Å²) in [4.78, 5) is 21.1. The van der Waals surface area contributed by atoms with Crippen molar-refractivity contribution in [2.45, 2.75) is 27.3 Å². The molecule has 4 rings (SSSR count). The van der Waals surface area contributed by atoms with E-state index in [0.717, 1.165) is 16.9 Å². The topological polar surface area (TPSA) is 85.6 Å². The number of carbonyl (C=O) groups excluding carboxylic acids is 1. The van der Waals surface area contributed by atoms with Crippen molar-refractivity contribution in [3.05, 3.63) is 76.6 Å². The molecule has 0 aliphatic heterocycles. The van der Waals surface area contributed by atoms with E-state index in [2.05, 4.69) is 44.7 Å². The lowest BCUT2D eigenvalue weighted by molar-refractivity contribution is 0.102. The molecule has 2 heterocycles. The van der Waals surface area contributed by atoms with Gasteiger partial charge < -0.3 is 0 Å². The zero-order valence-electron chi connectivity index (χ0n) is 16.0. The molecule has 0 bridgehead atoms. The maximum atomic E-state index is 12.6. The monoisotopic (exact) mass is 372 g/mol. The molecule has 1 amide bonds. The molecule has 140 valence electrons. The zero-order valence-corrected chi connectivity index (χ0v) is 16.0. The Morgan fingerprint density at radius 2 is 1.75 bits per heavy atom. The number of hydrogen-bond donors (Lipinski definition) is 1. The Morgan fingerprint density at radius 1 is 1.00 bits per heavy atom. The van der Waals surface area contributed by atoms with Crippen molar-refractivity contribution >= 4 is 22.9 Å². The van der Waals surface area contributed by atoms with Crippen LogP contribution >= 0.6 is 0 Å². The van der Waals surface area contributed by atoms with Gasteiger partial charge in [-0.1, -0.05) is 29.5 Å². The van der Waals surface area contributed by atoms with Crippen LogP contribution in [0.15, 0.2) is 48.5 Å². The molecule has 28 heavy (non-hydrogen) atoms. The van der Waals surface area contributed by atoms with Crippen LogP contribution in [0.2, 0.25) is 0 Å². The van der Waals surface area contributed by atoms with Crippen LogP contribution in [0.1, 0.15) is 32.9 Å². The standard InChI is InChI=1S/C21H20N6O/c1-13-6-4-5-7-17(13)12-27-19-9-8-16(11-18(19)25-26-27)20(28)24-21-22-14(2)10-15(3)23-21/h4-11H,12H2,1-3H3,(H,22,23,24,28). The van der Waals surface area contributed by atoms with Crippen molar-refractivity contribution in [3.63, 3.8) is 0 Å². The summed E-state index contributed by atoms with van der Waals surface area (Å²) in [6.45, 7) is 6.43. The highest BCUT2D eigenvalue weighted by atomic mass is 16.1. The molecule has 0 aliphatic carbocycles. The normalized spacial score (nSPS) is 11.0. The lowest BCUT2D eigenvalue weighted by Crippen LogP contribution is -2.15. The van der Waals surface area contributed by atoms with E-state index in [-0.39, 0.29) is 5.91 Å². The fraction of sp³-hybridized carbons (Fsp3) is 0.190. The van der Waals surface area contributed by atoms with Crippen LogP contribution in [0.4, 0.5) is 5.95 Å². The zero-order chi connectivity index (χ0) is 19.7. The third-order valence-corrected chi connectivity index (χ3v) is 4.57. The number of aryl methyl sites for hydroxylation is 3. The van der Waals surface area contributed by atoms with E-state index in [1.54, 1.807) is 12.1 Å². The second kappa shape index (κ2) is 7.19. The smallest absolute Gasteiger partial charge is 0.258 e. The first-order valence-electron chi connectivity index (χ1n) is 9.01. The van der Waals surface area contributed by atoms with Crippen LogP contribution in [-0.4, -0.2) is 30.9 Å². The fourth-order valence-electron chi connectivity index (χ4n) is 3.13. The van der Waals surface area contributed by atoms with Crippen molar-refractivity contribution in [3.8, 4) is 0 Å². The van der Waals surface area contributed by atoms with E-state index < -0.39 is 0 Å². The summed E-state index contributed by atoms with van der Waals surface area (Å²) in [6, 6.07) is 15.4. The van der Waals surface area contributed by atoms with Crippen molar-refractivity contribution < 1.29 is 4.79 Å². The number of amides is 1. The van der Waals surface area contributed by atoms with Gasteiger partial charge in [-0.05, 0) is 56.2 Å². The molecule has 7 heteroatoms. The molecule has 0 saturated carbocycles. The summed E-state index contributed by atoms with van der Waals surface area (Å²) in [5.74, 6) is 0.0196. The van der Waals surface area contributed by atoms with E-state index >= 15 is 0 Å². The van der Waals surface area contributed by atoms with E-state index in [4.69, 9.17) is 0 Å². The molecule has 0 saturated heterocycles. The second-order valence-corrected chi connectivity index (χ2v) is 6.81. The molecular weight excluding hydrogens is 352 g/mol. The minimum Gasteiger partial charge on any atom is -0.290 e. The Balaban J connectivity index is 1.58. The highest BCUT2D eigenvalue weighted by Crippen LogP contribution is 2.17. The summed E-state index contributed by atoms with van der Waals surface area (Å²) in [7, 11) is 0. The van der Waals surface area contributed by atoms with Gasteiger partial charge in [0.1, 0.15) is 5.52 Å². The third kappa shape index (κ3) is 3.59. The van der Waals surface area contributed by atoms with Crippen molar-refractivity contribution in [2.24, 2.45) is 0 Å². The molecule has 0 unspecified atom stereocenters. The first-order chi connectivity index (χ1) is 13.5. The highest BCUT2D eigenvalue weighted by molar-refractivity contribution is 6.05. The second-order valence-electron chi connectivity index (χ2n) is 6.81. The maximum Gasteiger partial charge on any atom is 0.258 e. The first kappa shape index (κ1) is 17.8. The van der Waals surface area contributed by atoms with Gasteiger partial charge in [0.25, 0.3) is 5.91 Å². The number of nitrogens with zero attached hydrogens (tertiary/aromatic N) is 5. The number of benzene rings is 2. The molecular formula is C21H20N6O. The van der Waals surface area contributed by atoms with Crippen LogP contribution in [-0.2, 0) is 6.54 Å². The van der Waals surface area contributed by atoms with E-state index in [1.165, 1.54) is 11.1 Å². The highest BCUT2D eigenvalue weighted by Gasteiger charge is 2.13. The number of carbonyl (C=O) groups is 1. The minimum atomic E-state index is -0.277. The predicted molar refractivity (Wildman–Crippen MR) is 107 cm³/mol. The Kier molecular flexibility index (Phi) is 4.57. The molecule has 0 spiro atoms. The molecule has 0 radical (unpaired) electrons. The number of nitrogens with one attached hydrogen (secondary N) is 1. The van der Waals surface area contributed by atoms with E-state index in [0.29, 0.717) is 23.6 Å². The van der Waals surface area contributed by atoms with Crippen LogP contribution in [0.25, 0.3) is 11.0 Å². The van der Waals surface area contributed by atoms with Crippen molar-refractivity contribution in [1.29, 1.82) is 0 Å². The Labute approximate surface area is 162 Å². The van der Waals surface area contributed by atoms with Crippen LogP contribution in [0.3, 0.4) is 0 Å². The molecule has 2 aromatic carbocycles. The summed E-state index contributed by atoms with van der Waals surface area (Å²) in [6.07, 6.45) is 0. The van der Waals surface area contributed by atoms with Crippen LogP contribution in [0.5, 0.6) is 0 Å². The SMILES string of the molecule is Cc1cc(C)nc(NC(=O)c2ccc3c(c2)nnn3Cc2ccccc2C)n1. The molecule has 0 atom stereocenters. The van der Waals surface area contributed by atoms with Gasteiger partial charge in [-0.25, -0.2) is 14.6 Å². The summed E-state index contributed by atoms with van der Waals surface area (Å²) in [5, 5.41) is 11.2. The van der Waals surface area contributed by atoms with Gasteiger partial charge in [-0.15, -0.1) is 5.10 Å². The van der Waals surface area contributed by atoms with Gasteiger partial charge >= 0.3 is 0 Å². The van der Waals surface area contributed by atoms with Crippen molar-refractivity contribution in [1.82, 2.24) is 25.0 Å². The molecule has 7 nitrogen and oxygen atoms in total. The number of fused-ring (bicyclic) bond motifs is 1. The van der Waals surface area contributed by atoms with Gasteiger partial charge in [0.2, 0.25) is 5.95 Å². The maximum absolute atomic E-state index is 12.6. The van der Waals surface area contributed by atoms with Gasteiger partial charge in [0.05, 0.1) is 12.1 Å². The third-order valence-electron chi connectivity index (χ3n) is 4.57. The van der Waals surface area contributed by atoms with Gasteiger partial charge in [-0.3, -0.25) is 10.1 Å². The van der Waals surface area contributed by atoms with Crippen molar-refractivity contribution in [2.75, 3.05) is 5.32 Å². The predicted octanol–water partition coefficient (Wildman–Crippen LogP) is 3.45. The van der Waals surface area contributed by atoms with Gasteiger partial charge in [0, 0.05) is 17.0 Å². The number of hydrogen-bond acceptors (Lipinski definition) is 5. The largest absolute Gasteiger partial charge is 0.290 e. The average molecular weight is 372 g/mol. The Bertz CT molecular complexity index is 1160. The lowest BCUT2D eigenvalue weighted by atomic mass is 10.1. The van der Waals surface area contributed by atoms with Crippen LogP contribution in [0, 0.1) is 20.8 Å². The number of rotatable bonds is 4. The Morgan fingerprint density at radius 3 is 2.50 bits per heavy atom. The molecule has 4 aromatic rings. The van der Waals surface area contributed by atoms with Gasteiger partial charge in [-0.2, -0.15) is 0 Å². The van der Waals surface area contributed by atoms with Gasteiger partial charge in [0.15, 0.2) is 0 Å². The molecule has 2 aromatic heterocycles. The van der Waals surface area contributed by atoms with E-state index in [1.807, 2.05) is 42.8 Å². The molecule has 0 aliphatic rings. The summed E-state index contributed by atoms with van der Waals surface area (Å²) < 4.78 is 1.84. The van der Waals surface area contributed by atoms with Crippen LogP contribution < -0.4 is 5.32 Å². The van der Waals surface area contributed by atoms with E-state index in [9.17, 15) is 4.79 Å².